The third-order valence-corrected chi connectivity index (χ3v) is 4.00. The predicted octanol–water partition coefficient (Wildman–Crippen LogP) is 3.43. The minimum Gasteiger partial charge on any atom is -0.326 e. The third-order valence-electron chi connectivity index (χ3n) is 2.97. The summed E-state index contributed by atoms with van der Waals surface area (Å²) in [6, 6.07) is 1.98. The second kappa shape index (κ2) is 5.27. The Morgan fingerprint density at radius 1 is 1.42 bits per heavy atom. The Labute approximate surface area is 120 Å². The lowest BCUT2D eigenvalue weighted by Crippen LogP contribution is -2.06. The van der Waals surface area contributed by atoms with E-state index >= 15 is 0 Å². The van der Waals surface area contributed by atoms with Gasteiger partial charge < -0.3 is 4.57 Å². The Kier molecular flexibility index (Phi) is 3.48. The van der Waals surface area contributed by atoms with Gasteiger partial charge in [0.05, 0.1) is 22.1 Å². The fourth-order valence-corrected chi connectivity index (χ4v) is 2.90. The lowest BCUT2D eigenvalue weighted by atomic mass is 10.3. The topological polar surface area (TPSA) is 43.6 Å². The van der Waals surface area contributed by atoms with Gasteiger partial charge in [0.2, 0.25) is 0 Å². The Hall–Kier alpha value is -1.46. The number of aryl methyl sites for hydroxylation is 2. The molecule has 0 N–H and O–H groups in total. The standard InChI is InChI=1S/C13H13ClN4S/c1-9(14)13-17-10-8-15-4-2-11(10)18(13)6-3-12-16-5-7-19-12/h2,4-5,7-9H,3,6H2,1H3. The lowest BCUT2D eigenvalue weighted by Gasteiger charge is -2.09. The molecule has 98 valence electrons. The maximum absolute atomic E-state index is 6.22. The highest BCUT2D eigenvalue weighted by molar-refractivity contribution is 7.09. The Morgan fingerprint density at radius 2 is 2.32 bits per heavy atom. The Balaban J connectivity index is 1.97. The number of hydrogen-bond acceptors (Lipinski definition) is 4. The molecule has 0 fully saturated rings. The van der Waals surface area contributed by atoms with Gasteiger partial charge in [0, 0.05) is 30.7 Å². The first kappa shape index (κ1) is 12.6. The quantitative estimate of drug-likeness (QED) is 0.692. The molecule has 3 rings (SSSR count). The number of halogens is 1. The summed E-state index contributed by atoms with van der Waals surface area (Å²) in [6.45, 7) is 2.77. The largest absolute Gasteiger partial charge is 0.326 e. The van der Waals surface area contributed by atoms with Crippen LogP contribution in [0.1, 0.15) is 23.1 Å². The second-order valence-electron chi connectivity index (χ2n) is 4.28. The molecule has 1 unspecified atom stereocenters. The van der Waals surface area contributed by atoms with E-state index in [9.17, 15) is 0 Å². The zero-order chi connectivity index (χ0) is 13.2. The molecule has 4 nitrogen and oxygen atoms in total. The molecule has 3 aromatic heterocycles. The van der Waals surface area contributed by atoms with E-state index in [1.807, 2.05) is 24.6 Å². The second-order valence-corrected chi connectivity index (χ2v) is 5.91. The molecule has 0 saturated heterocycles. The van der Waals surface area contributed by atoms with Gasteiger partial charge in [-0.25, -0.2) is 9.97 Å². The van der Waals surface area contributed by atoms with Crippen molar-refractivity contribution in [2.75, 3.05) is 0 Å². The molecule has 19 heavy (non-hydrogen) atoms. The van der Waals surface area contributed by atoms with Crippen molar-refractivity contribution in [3.63, 3.8) is 0 Å². The van der Waals surface area contributed by atoms with Gasteiger partial charge in [-0.1, -0.05) is 0 Å². The van der Waals surface area contributed by atoms with E-state index < -0.39 is 0 Å². The van der Waals surface area contributed by atoms with Crippen LogP contribution in [0.25, 0.3) is 11.0 Å². The molecule has 0 radical (unpaired) electrons. The van der Waals surface area contributed by atoms with Crippen molar-refractivity contribution in [1.29, 1.82) is 0 Å². The fourth-order valence-electron chi connectivity index (χ4n) is 2.12. The molecule has 6 heteroatoms. The summed E-state index contributed by atoms with van der Waals surface area (Å²) in [6.07, 6.45) is 6.29. The van der Waals surface area contributed by atoms with Crippen molar-refractivity contribution >= 4 is 34.0 Å². The van der Waals surface area contributed by atoms with Crippen molar-refractivity contribution in [3.8, 4) is 0 Å². The number of pyridine rings is 1. The molecular weight excluding hydrogens is 280 g/mol. The summed E-state index contributed by atoms with van der Waals surface area (Å²) in [5.41, 5.74) is 1.97. The van der Waals surface area contributed by atoms with E-state index in [1.165, 1.54) is 0 Å². The van der Waals surface area contributed by atoms with Gasteiger partial charge in [0.15, 0.2) is 0 Å². The first-order valence-electron chi connectivity index (χ1n) is 6.08. The molecule has 0 amide bonds. The number of rotatable bonds is 4. The maximum atomic E-state index is 6.22. The number of thiazole rings is 1. The first-order chi connectivity index (χ1) is 9.25. The van der Waals surface area contributed by atoms with Gasteiger partial charge in [-0.05, 0) is 13.0 Å². The van der Waals surface area contributed by atoms with Crippen LogP contribution >= 0.6 is 22.9 Å². The molecule has 3 heterocycles. The van der Waals surface area contributed by atoms with E-state index in [0.717, 1.165) is 34.8 Å². The summed E-state index contributed by atoms with van der Waals surface area (Å²) in [7, 11) is 0. The lowest BCUT2D eigenvalue weighted by molar-refractivity contribution is 0.666. The Morgan fingerprint density at radius 3 is 3.05 bits per heavy atom. The number of aromatic nitrogens is 4. The summed E-state index contributed by atoms with van der Waals surface area (Å²) in [4.78, 5) is 13.0. The molecule has 0 aliphatic carbocycles. The van der Waals surface area contributed by atoms with Gasteiger partial charge >= 0.3 is 0 Å². The smallest absolute Gasteiger partial charge is 0.127 e. The number of imidazole rings is 1. The van der Waals surface area contributed by atoms with Crippen LogP contribution in [-0.4, -0.2) is 19.5 Å². The van der Waals surface area contributed by atoms with Crippen molar-refractivity contribution in [3.05, 3.63) is 40.9 Å². The van der Waals surface area contributed by atoms with Crippen LogP contribution in [0.3, 0.4) is 0 Å². The first-order valence-corrected chi connectivity index (χ1v) is 7.40. The SMILES string of the molecule is CC(Cl)c1nc2cnccc2n1CCc1nccs1. The van der Waals surface area contributed by atoms with Crippen LogP contribution in [0.2, 0.25) is 0 Å². The van der Waals surface area contributed by atoms with E-state index in [2.05, 4.69) is 19.5 Å². The fraction of sp³-hybridized carbons (Fsp3) is 0.308. The molecular formula is C13H13ClN4S. The number of fused-ring (bicyclic) bond motifs is 1. The highest BCUT2D eigenvalue weighted by Crippen LogP contribution is 2.24. The van der Waals surface area contributed by atoms with Gasteiger partial charge in [-0.3, -0.25) is 4.98 Å². The van der Waals surface area contributed by atoms with Gasteiger partial charge in [-0.15, -0.1) is 22.9 Å². The summed E-state index contributed by atoms with van der Waals surface area (Å²) in [5.74, 6) is 0.890. The van der Waals surface area contributed by atoms with Crippen LogP contribution in [-0.2, 0) is 13.0 Å². The average Bonchev–Trinajstić information content (AvgIpc) is 3.03. The third kappa shape index (κ3) is 2.48. The molecule has 0 spiro atoms. The average molecular weight is 293 g/mol. The predicted molar refractivity (Wildman–Crippen MR) is 77.6 cm³/mol. The Bertz CT molecular complexity index is 675. The van der Waals surface area contributed by atoms with Crippen LogP contribution in [0.5, 0.6) is 0 Å². The molecule has 3 aromatic rings. The molecule has 0 aliphatic rings. The molecule has 0 aromatic carbocycles. The van der Waals surface area contributed by atoms with Gasteiger partial charge in [0.1, 0.15) is 11.3 Å². The van der Waals surface area contributed by atoms with Crippen molar-refractivity contribution in [2.45, 2.75) is 25.3 Å². The zero-order valence-electron chi connectivity index (χ0n) is 10.5. The van der Waals surface area contributed by atoms with Gasteiger partial charge in [-0.2, -0.15) is 0 Å². The highest BCUT2D eigenvalue weighted by Gasteiger charge is 2.14. The zero-order valence-corrected chi connectivity index (χ0v) is 12.0. The minimum atomic E-state index is -0.122. The van der Waals surface area contributed by atoms with E-state index in [0.29, 0.717) is 0 Å². The van der Waals surface area contributed by atoms with Gasteiger partial charge in [0.25, 0.3) is 0 Å². The van der Waals surface area contributed by atoms with E-state index in [-0.39, 0.29) is 5.38 Å². The number of nitrogens with zero attached hydrogens (tertiary/aromatic N) is 4. The minimum absolute atomic E-state index is 0.122. The summed E-state index contributed by atoms with van der Waals surface area (Å²) >= 11 is 7.90. The van der Waals surface area contributed by atoms with Crippen LogP contribution in [0.4, 0.5) is 0 Å². The van der Waals surface area contributed by atoms with Crippen molar-refractivity contribution in [1.82, 2.24) is 19.5 Å². The summed E-state index contributed by atoms with van der Waals surface area (Å²) in [5, 5.41) is 3.00. The maximum Gasteiger partial charge on any atom is 0.127 e. The van der Waals surface area contributed by atoms with Crippen molar-refractivity contribution < 1.29 is 0 Å². The normalized spacial score (nSPS) is 12.9. The number of hydrogen-bond donors (Lipinski definition) is 0. The summed E-state index contributed by atoms with van der Waals surface area (Å²) < 4.78 is 2.16. The highest BCUT2D eigenvalue weighted by atomic mass is 35.5. The van der Waals surface area contributed by atoms with E-state index in [4.69, 9.17) is 11.6 Å². The van der Waals surface area contributed by atoms with Crippen LogP contribution < -0.4 is 0 Å². The van der Waals surface area contributed by atoms with Crippen molar-refractivity contribution in [2.24, 2.45) is 0 Å². The molecule has 0 aliphatic heterocycles. The monoisotopic (exact) mass is 292 g/mol. The molecule has 0 saturated carbocycles. The molecule has 0 bridgehead atoms. The number of alkyl halides is 1. The molecule has 1 atom stereocenters. The van der Waals surface area contributed by atoms with E-state index in [1.54, 1.807) is 23.7 Å². The van der Waals surface area contributed by atoms with Crippen LogP contribution in [0.15, 0.2) is 30.0 Å². The van der Waals surface area contributed by atoms with Crippen LogP contribution in [0, 0.1) is 0 Å².